The highest BCUT2D eigenvalue weighted by atomic mass is 19.4. The summed E-state index contributed by atoms with van der Waals surface area (Å²) in [5.41, 5.74) is 0. The second-order valence-electron chi connectivity index (χ2n) is 6.29. The fraction of sp³-hybridized carbons (Fsp3) is 0.875. The highest BCUT2D eigenvalue weighted by molar-refractivity contribution is 5.86. The van der Waals surface area contributed by atoms with E-state index in [1.165, 1.54) is 4.90 Å². The molecule has 2 N–H and O–H groups in total. The predicted molar refractivity (Wildman–Crippen MR) is 94.1 cm³/mol. The van der Waals surface area contributed by atoms with Crippen molar-refractivity contribution in [3.8, 4) is 0 Å². The zero-order valence-corrected chi connectivity index (χ0v) is 15.7. The molecule has 0 saturated carbocycles. The molecule has 1 aliphatic heterocycles. The summed E-state index contributed by atoms with van der Waals surface area (Å²) in [5, 5.41) is 5.70. The molecule has 10 heteroatoms. The van der Waals surface area contributed by atoms with E-state index < -0.39 is 12.7 Å². The van der Waals surface area contributed by atoms with Gasteiger partial charge in [-0.15, -0.1) is 0 Å². The second-order valence-corrected chi connectivity index (χ2v) is 6.29. The summed E-state index contributed by atoms with van der Waals surface area (Å²) in [6.07, 6.45) is -3.38. The molecule has 152 valence electrons. The van der Waals surface area contributed by atoms with Gasteiger partial charge in [-0.05, 0) is 18.9 Å². The molecule has 0 spiro atoms. The highest BCUT2D eigenvalue weighted by Crippen LogP contribution is 2.21. The Morgan fingerprint density at radius 2 is 2.12 bits per heavy atom. The summed E-state index contributed by atoms with van der Waals surface area (Å²) >= 11 is 0. The Balaban J connectivity index is 2.41. The monoisotopic (exact) mass is 381 g/mol. The lowest BCUT2D eigenvalue weighted by Gasteiger charge is -2.26. The zero-order valence-electron chi connectivity index (χ0n) is 15.7. The summed E-state index contributed by atoms with van der Waals surface area (Å²) in [6, 6.07) is 0. The number of carbonyl (C=O) groups is 1. The number of nitrogens with zero attached hydrogens (tertiary/aromatic N) is 3. The lowest BCUT2D eigenvalue weighted by Crippen LogP contribution is -2.45. The minimum absolute atomic E-state index is 0.0900. The van der Waals surface area contributed by atoms with Crippen LogP contribution in [0.2, 0.25) is 0 Å². The summed E-state index contributed by atoms with van der Waals surface area (Å²) in [7, 11) is 3.19. The number of amides is 1. The van der Waals surface area contributed by atoms with Gasteiger partial charge in [-0.2, -0.15) is 13.2 Å². The van der Waals surface area contributed by atoms with Gasteiger partial charge in [-0.1, -0.05) is 6.92 Å². The number of ether oxygens (including phenoxy) is 1. The molecule has 0 aliphatic carbocycles. The Labute approximate surface area is 152 Å². The van der Waals surface area contributed by atoms with E-state index in [-0.39, 0.29) is 18.4 Å². The minimum atomic E-state index is -4.18. The SMILES string of the molecule is CCN(CC1CCN(C(=NC)NCC(=O)NCCOC)C1)CC(F)(F)F. The minimum Gasteiger partial charge on any atom is -0.383 e. The number of hydrogen-bond acceptors (Lipinski definition) is 4. The van der Waals surface area contributed by atoms with Crippen LogP contribution < -0.4 is 10.6 Å². The van der Waals surface area contributed by atoms with Crippen LogP contribution in [0, 0.1) is 5.92 Å². The van der Waals surface area contributed by atoms with Crippen LogP contribution in [0.1, 0.15) is 13.3 Å². The molecular weight excluding hydrogens is 351 g/mol. The summed E-state index contributed by atoms with van der Waals surface area (Å²) in [4.78, 5) is 19.3. The largest absolute Gasteiger partial charge is 0.401 e. The Morgan fingerprint density at radius 3 is 2.69 bits per heavy atom. The van der Waals surface area contributed by atoms with Gasteiger partial charge in [0.15, 0.2) is 5.96 Å². The number of methoxy groups -OCH3 is 1. The molecule has 1 atom stereocenters. The first-order chi connectivity index (χ1) is 12.3. The maximum Gasteiger partial charge on any atom is 0.401 e. The third-order valence-electron chi connectivity index (χ3n) is 4.20. The third kappa shape index (κ3) is 8.70. The first-order valence-corrected chi connectivity index (χ1v) is 8.79. The zero-order chi connectivity index (χ0) is 19.6. The van der Waals surface area contributed by atoms with E-state index in [0.29, 0.717) is 45.3 Å². The predicted octanol–water partition coefficient (Wildman–Crippen LogP) is 0.531. The first-order valence-electron chi connectivity index (χ1n) is 8.79. The Hall–Kier alpha value is -1.55. The van der Waals surface area contributed by atoms with Crippen LogP contribution in [0.4, 0.5) is 13.2 Å². The van der Waals surface area contributed by atoms with Crippen LogP contribution in [-0.2, 0) is 9.53 Å². The van der Waals surface area contributed by atoms with Gasteiger partial charge >= 0.3 is 6.18 Å². The topological polar surface area (TPSA) is 69.2 Å². The van der Waals surface area contributed by atoms with Crippen molar-refractivity contribution in [2.75, 3.05) is 66.6 Å². The van der Waals surface area contributed by atoms with Gasteiger partial charge in [0.25, 0.3) is 0 Å². The van der Waals surface area contributed by atoms with Crippen LogP contribution in [-0.4, -0.2) is 94.4 Å². The van der Waals surface area contributed by atoms with Crippen molar-refractivity contribution in [3.63, 3.8) is 0 Å². The molecule has 0 aromatic rings. The molecule has 0 aromatic heterocycles. The van der Waals surface area contributed by atoms with E-state index in [2.05, 4.69) is 15.6 Å². The van der Waals surface area contributed by atoms with Crippen molar-refractivity contribution < 1.29 is 22.7 Å². The van der Waals surface area contributed by atoms with Crippen LogP contribution in [0.3, 0.4) is 0 Å². The van der Waals surface area contributed by atoms with Crippen LogP contribution in [0.25, 0.3) is 0 Å². The average Bonchev–Trinajstić information content (AvgIpc) is 3.02. The molecule has 0 radical (unpaired) electrons. The molecular formula is C16H30F3N5O2. The van der Waals surface area contributed by atoms with Crippen molar-refractivity contribution in [1.29, 1.82) is 0 Å². The third-order valence-corrected chi connectivity index (χ3v) is 4.20. The fourth-order valence-electron chi connectivity index (χ4n) is 2.94. The summed E-state index contributed by atoms with van der Waals surface area (Å²) in [5.74, 6) is 0.570. The Bertz CT molecular complexity index is 460. The van der Waals surface area contributed by atoms with Crippen LogP contribution in [0.15, 0.2) is 4.99 Å². The number of carbonyl (C=O) groups excluding carboxylic acids is 1. The molecule has 26 heavy (non-hydrogen) atoms. The van der Waals surface area contributed by atoms with Gasteiger partial charge in [0.05, 0.1) is 19.7 Å². The lowest BCUT2D eigenvalue weighted by molar-refractivity contribution is -0.146. The van der Waals surface area contributed by atoms with Gasteiger partial charge in [0, 0.05) is 40.3 Å². The smallest absolute Gasteiger partial charge is 0.383 e. The maximum absolute atomic E-state index is 12.6. The van der Waals surface area contributed by atoms with E-state index >= 15 is 0 Å². The standard InChI is InChI=1S/C16H30F3N5O2/c1-4-23(12-16(17,18)19)10-13-5-7-24(11-13)15(20-2)22-9-14(25)21-6-8-26-3/h13H,4-12H2,1-3H3,(H,20,22)(H,21,25). The quantitative estimate of drug-likeness (QED) is 0.346. The number of likely N-dealkylation sites (tertiary alicyclic amines) is 1. The average molecular weight is 381 g/mol. The maximum atomic E-state index is 12.6. The normalized spacial score (nSPS) is 18.5. The number of guanidine groups is 1. The number of hydrogen-bond donors (Lipinski definition) is 2. The van der Waals surface area contributed by atoms with Gasteiger partial charge < -0.3 is 20.3 Å². The van der Waals surface area contributed by atoms with E-state index in [1.54, 1.807) is 21.1 Å². The molecule has 1 unspecified atom stereocenters. The Kier molecular flexibility index (Phi) is 9.71. The van der Waals surface area contributed by atoms with Crippen molar-refractivity contribution in [1.82, 2.24) is 20.4 Å². The highest BCUT2D eigenvalue weighted by Gasteiger charge is 2.33. The van der Waals surface area contributed by atoms with E-state index in [0.717, 1.165) is 6.42 Å². The molecule has 0 aromatic carbocycles. The molecule has 1 saturated heterocycles. The van der Waals surface area contributed by atoms with E-state index in [9.17, 15) is 18.0 Å². The molecule has 1 heterocycles. The fourth-order valence-corrected chi connectivity index (χ4v) is 2.94. The molecule has 1 rings (SSSR count). The molecule has 1 amide bonds. The van der Waals surface area contributed by atoms with Gasteiger partial charge in [0.2, 0.25) is 5.91 Å². The first kappa shape index (κ1) is 22.5. The summed E-state index contributed by atoms with van der Waals surface area (Å²) in [6.45, 7) is 3.93. The van der Waals surface area contributed by atoms with Crippen LogP contribution >= 0.6 is 0 Å². The summed E-state index contributed by atoms with van der Waals surface area (Å²) < 4.78 is 42.6. The molecule has 1 aliphatic rings. The van der Waals surface area contributed by atoms with Crippen molar-refractivity contribution >= 4 is 11.9 Å². The van der Waals surface area contributed by atoms with E-state index in [1.807, 2.05) is 4.90 Å². The van der Waals surface area contributed by atoms with Crippen molar-refractivity contribution in [3.05, 3.63) is 0 Å². The van der Waals surface area contributed by atoms with Crippen molar-refractivity contribution in [2.24, 2.45) is 10.9 Å². The van der Waals surface area contributed by atoms with Gasteiger partial charge in [0.1, 0.15) is 0 Å². The van der Waals surface area contributed by atoms with Gasteiger partial charge in [-0.3, -0.25) is 14.7 Å². The van der Waals surface area contributed by atoms with Crippen LogP contribution in [0.5, 0.6) is 0 Å². The van der Waals surface area contributed by atoms with Gasteiger partial charge in [-0.25, -0.2) is 0 Å². The Morgan fingerprint density at radius 1 is 1.38 bits per heavy atom. The number of halogens is 3. The number of alkyl halides is 3. The lowest BCUT2D eigenvalue weighted by atomic mass is 10.1. The molecule has 0 bridgehead atoms. The molecule has 7 nitrogen and oxygen atoms in total. The van der Waals surface area contributed by atoms with E-state index in [4.69, 9.17) is 4.74 Å². The van der Waals surface area contributed by atoms with Crippen molar-refractivity contribution in [2.45, 2.75) is 19.5 Å². The number of aliphatic imine (C=N–C) groups is 1. The number of rotatable bonds is 9. The number of nitrogens with one attached hydrogen (secondary N) is 2. The second kappa shape index (κ2) is 11.2. The molecule has 1 fully saturated rings.